The largest absolute Gasteiger partial charge is 0.497 e. The van der Waals surface area contributed by atoms with Gasteiger partial charge >= 0.3 is 0 Å². The number of H-pyrrole nitrogens is 1. The van der Waals surface area contributed by atoms with E-state index in [4.69, 9.17) is 4.74 Å². The molecule has 1 N–H and O–H groups in total. The molecule has 1 fully saturated rings. The Labute approximate surface area is 164 Å². The summed E-state index contributed by atoms with van der Waals surface area (Å²) in [5, 5.41) is 7.09. The second-order valence-electron chi connectivity index (χ2n) is 7.03. The van der Waals surface area contributed by atoms with E-state index in [2.05, 4.69) is 26.7 Å². The lowest BCUT2D eigenvalue weighted by atomic mass is 9.95. The van der Waals surface area contributed by atoms with Crippen LogP contribution in [0.5, 0.6) is 5.75 Å². The molecule has 0 spiro atoms. The average Bonchev–Trinajstić information content (AvgIpc) is 3.43. The number of hydrogen-bond donors (Lipinski definition) is 1. The zero-order chi connectivity index (χ0) is 19.5. The highest BCUT2D eigenvalue weighted by Gasteiger charge is 2.28. The molecule has 1 aromatic carbocycles. The van der Waals surface area contributed by atoms with E-state index in [1.807, 2.05) is 41.6 Å². The summed E-state index contributed by atoms with van der Waals surface area (Å²) in [7, 11) is 1.63. The molecule has 0 aliphatic carbocycles. The van der Waals surface area contributed by atoms with Gasteiger partial charge in [-0.05, 0) is 31.9 Å². The van der Waals surface area contributed by atoms with Gasteiger partial charge in [-0.3, -0.25) is 9.89 Å². The Bertz CT molecular complexity index is 953. The first-order valence-electron chi connectivity index (χ1n) is 9.69. The van der Waals surface area contributed by atoms with Crippen molar-refractivity contribution in [2.24, 2.45) is 0 Å². The average molecular weight is 379 g/mol. The fraction of sp³-hybridized carbons (Fsp3) is 0.381. The van der Waals surface area contributed by atoms with E-state index < -0.39 is 0 Å². The van der Waals surface area contributed by atoms with Gasteiger partial charge in [0.2, 0.25) is 0 Å². The third-order valence-electron chi connectivity index (χ3n) is 5.46. The summed E-state index contributed by atoms with van der Waals surface area (Å²) >= 11 is 0. The molecule has 0 saturated carbocycles. The molecular formula is C21H25N5O2. The Balaban J connectivity index is 1.49. The summed E-state index contributed by atoms with van der Waals surface area (Å²) in [6.45, 7) is 4.50. The van der Waals surface area contributed by atoms with Gasteiger partial charge in [-0.15, -0.1) is 0 Å². The maximum atomic E-state index is 13.1. The van der Waals surface area contributed by atoms with Crippen LogP contribution in [0.2, 0.25) is 0 Å². The number of aromatic amines is 1. The normalized spacial score (nSPS) is 15.0. The number of ether oxygens (including phenoxy) is 1. The zero-order valence-corrected chi connectivity index (χ0v) is 16.3. The van der Waals surface area contributed by atoms with Gasteiger partial charge in [-0.2, -0.15) is 5.10 Å². The maximum Gasteiger partial charge on any atom is 0.257 e. The number of methoxy groups -OCH3 is 1. The highest BCUT2D eigenvalue weighted by atomic mass is 16.5. The SMILES string of the molecule is CCn1ccnc1C1CCN(C(=O)c2cn[nH]c2-c2cccc(OC)c2)CC1. The van der Waals surface area contributed by atoms with E-state index in [0.29, 0.717) is 11.5 Å². The number of nitrogens with zero attached hydrogens (tertiary/aromatic N) is 4. The molecular weight excluding hydrogens is 354 g/mol. The van der Waals surface area contributed by atoms with Crippen LogP contribution >= 0.6 is 0 Å². The number of carbonyl (C=O) groups is 1. The van der Waals surface area contributed by atoms with Crippen molar-refractivity contribution in [3.8, 4) is 17.0 Å². The Morgan fingerprint density at radius 2 is 2.14 bits per heavy atom. The lowest BCUT2D eigenvalue weighted by Crippen LogP contribution is -2.38. The molecule has 0 atom stereocenters. The summed E-state index contributed by atoms with van der Waals surface area (Å²) < 4.78 is 7.49. The van der Waals surface area contributed by atoms with Crippen LogP contribution in [0.25, 0.3) is 11.3 Å². The van der Waals surface area contributed by atoms with Crippen molar-refractivity contribution < 1.29 is 9.53 Å². The summed E-state index contributed by atoms with van der Waals surface area (Å²) in [4.78, 5) is 19.6. The number of nitrogens with one attached hydrogen (secondary N) is 1. The van der Waals surface area contributed by atoms with E-state index in [9.17, 15) is 4.79 Å². The molecule has 28 heavy (non-hydrogen) atoms. The third-order valence-corrected chi connectivity index (χ3v) is 5.46. The van der Waals surface area contributed by atoms with Crippen LogP contribution in [0.3, 0.4) is 0 Å². The van der Waals surface area contributed by atoms with Gasteiger partial charge in [0.15, 0.2) is 0 Å². The second kappa shape index (κ2) is 7.88. The molecule has 0 bridgehead atoms. The van der Waals surface area contributed by atoms with Crippen molar-refractivity contribution in [2.75, 3.05) is 20.2 Å². The molecule has 3 heterocycles. The molecule has 4 rings (SSSR count). The summed E-state index contributed by atoms with van der Waals surface area (Å²) in [6, 6.07) is 7.64. The van der Waals surface area contributed by atoms with Gasteiger partial charge in [0.05, 0.1) is 24.6 Å². The van der Waals surface area contributed by atoms with E-state index in [1.54, 1.807) is 13.3 Å². The lowest BCUT2D eigenvalue weighted by molar-refractivity contribution is 0.0711. The van der Waals surface area contributed by atoms with Gasteiger partial charge < -0.3 is 14.2 Å². The number of hydrogen-bond acceptors (Lipinski definition) is 4. The van der Waals surface area contributed by atoms with Crippen LogP contribution in [-0.4, -0.2) is 50.8 Å². The van der Waals surface area contributed by atoms with E-state index in [-0.39, 0.29) is 5.91 Å². The maximum absolute atomic E-state index is 13.1. The molecule has 0 radical (unpaired) electrons. The number of likely N-dealkylation sites (tertiary alicyclic amines) is 1. The predicted molar refractivity (Wildman–Crippen MR) is 106 cm³/mol. The Morgan fingerprint density at radius 3 is 2.89 bits per heavy atom. The molecule has 146 valence electrons. The van der Waals surface area contributed by atoms with Crippen LogP contribution in [0.1, 0.15) is 41.9 Å². The van der Waals surface area contributed by atoms with Gasteiger partial charge in [0.1, 0.15) is 11.6 Å². The zero-order valence-electron chi connectivity index (χ0n) is 16.3. The van der Waals surface area contributed by atoms with E-state index in [0.717, 1.165) is 55.3 Å². The number of carbonyl (C=O) groups excluding carboxylic acids is 1. The summed E-state index contributed by atoms with van der Waals surface area (Å²) in [5.74, 6) is 2.30. The number of aromatic nitrogens is 4. The number of aryl methyl sites for hydroxylation is 1. The van der Waals surface area contributed by atoms with Gasteiger partial charge in [-0.25, -0.2) is 4.98 Å². The standard InChI is InChI=1S/C21H25N5O2/c1-3-25-12-9-22-20(25)15-7-10-26(11-8-15)21(27)18-14-23-24-19(18)16-5-4-6-17(13-16)28-2/h4-6,9,12-15H,3,7-8,10-11H2,1-2H3,(H,23,24). The number of imidazole rings is 1. The first-order chi connectivity index (χ1) is 13.7. The molecule has 1 aliphatic rings. The van der Waals surface area contributed by atoms with Crippen molar-refractivity contribution in [3.63, 3.8) is 0 Å². The van der Waals surface area contributed by atoms with E-state index >= 15 is 0 Å². The van der Waals surface area contributed by atoms with Crippen molar-refractivity contribution in [1.29, 1.82) is 0 Å². The van der Waals surface area contributed by atoms with Gasteiger partial charge in [-0.1, -0.05) is 12.1 Å². The number of amides is 1. The van der Waals surface area contributed by atoms with Crippen molar-refractivity contribution in [1.82, 2.24) is 24.6 Å². The van der Waals surface area contributed by atoms with Crippen LogP contribution in [0.4, 0.5) is 0 Å². The minimum atomic E-state index is 0.0175. The Kier molecular flexibility index (Phi) is 5.14. The quantitative estimate of drug-likeness (QED) is 0.738. The molecule has 7 nitrogen and oxygen atoms in total. The first kappa shape index (κ1) is 18.3. The minimum absolute atomic E-state index is 0.0175. The number of rotatable bonds is 5. The third kappa shape index (κ3) is 3.40. The highest BCUT2D eigenvalue weighted by Crippen LogP contribution is 2.30. The number of benzene rings is 1. The topological polar surface area (TPSA) is 76.0 Å². The summed E-state index contributed by atoms with van der Waals surface area (Å²) in [5.41, 5.74) is 2.22. The second-order valence-corrected chi connectivity index (χ2v) is 7.03. The lowest BCUT2D eigenvalue weighted by Gasteiger charge is -2.32. The van der Waals surface area contributed by atoms with Crippen LogP contribution in [-0.2, 0) is 6.54 Å². The molecule has 2 aromatic heterocycles. The van der Waals surface area contributed by atoms with Gasteiger partial charge in [0, 0.05) is 43.5 Å². The molecule has 0 unspecified atom stereocenters. The summed E-state index contributed by atoms with van der Waals surface area (Å²) in [6.07, 6.45) is 7.36. The fourth-order valence-electron chi connectivity index (χ4n) is 3.91. The van der Waals surface area contributed by atoms with Gasteiger partial charge in [0.25, 0.3) is 5.91 Å². The molecule has 3 aromatic rings. The molecule has 1 saturated heterocycles. The van der Waals surface area contributed by atoms with Crippen LogP contribution < -0.4 is 4.74 Å². The smallest absolute Gasteiger partial charge is 0.257 e. The minimum Gasteiger partial charge on any atom is -0.497 e. The van der Waals surface area contributed by atoms with Crippen molar-refractivity contribution in [2.45, 2.75) is 32.2 Å². The molecule has 1 aliphatic heterocycles. The predicted octanol–water partition coefficient (Wildman–Crippen LogP) is 3.32. The van der Waals surface area contributed by atoms with Crippen LogP contribution in [0, 0.1) is 0 Å². The first-order valence-corrected chi connectivity index (χ1v) is 9.69. The van der Waals surface area contributed by atoms with Crippen LogP contribution in [0.15, 0.2) is 42.9 Å². The Morgan fingerprint density at radius 1 is 1.32 bits per heavy atom. The molecule has 7 heteroatoms. The van der Waals surface area contributed by atoms with E-state index in [1.165, 1.54) is 0 Å². The van der Waals surface area contributed by atoms with Crippen molar-refractivity contribution >= 4 is 5.91 Å². The van der Waals surface area contributed by atoms with Crippen molar-refractivity contribution in [3.05, 3.63) is 54.2 Å². The molecule has 1 amide bonds. The highest BCUT2D eigenvalue weighted by molar-refractivity contribution is 5.99. The Hall–Kier alpha value is -3.09. The monoisotopic (exact) mass is 379 g/mol. The number of piperidine rings is 1. The fourth-order valence-corrected chi connectivity index (χ4v) is 3.91.